The number of aryl methyl sites for hydroxylation is 3. The second-order valence-electron chi connectivity index (χ2n) is 8.35. The average molecular weight is 474 g/mol. The van der Waals surface area contributed by atoms with Crippen molar-refractivity contribution >= 4 is 18.0 Å². The maximum absolute atomic E-state index is 13.8. The third kappa shape index (κ3) is 7.48. The fraction of sp³-hybridized carbons (Fsp3) is 0.385. The molecule has 0 aromatic heterocycles. The van der Waals surface area contributed by atoms with Gasteiger partial charge in [0.2, 0.25) is 5.91 Å². The maximum Gasteiger partial charge on any atom is 0.330 e. The van der Waals surface area contributed by atoms with E-state index in [1.807, 2.05) is 26.0 Å². The molecule has 0 aliphatic heterocycles. The van der Waals surface area contributed by atoms with Gasteiger partial charge in [0, 0.05) is 6.42 Å². The van der Waals surface area contributed by atoms with Crippen LogP contribution in [0.15, 0.2) is 36.4 Å². The number of ether oxygens (including phenoxy) is 1. The fourth-order valence-electron chi connectivity index (χ4n) is 3.69. The van der Waals surface area contributed by atoms with Crippen molar-refractivity contribution in [1.82, 2.24) is 5.32 Å². The molecule has 2 rings (SSSR count). The lowest BCUT2D eigenvalue weighted by Gasteiger charge is -2.17. The number of aliphatic hydroxyl groups is 3. The van der Waals surface area contributed by atoms with Crippen molar-refractivity contribution < 1.29 is 34.0 Å². The predicted octanol–water partition coefficient (Wildman–Crippen LogP) is 2.58. The molecule has 0 fully saturated rings. The van der Waals surface area contributed by atoms with Gasteiger partial charge in [-0.3, -0.25) is 4.79 Å². The molecular formula is C26H32FNO6. The van der Waals surface area contributed by atoms with Crippen LogP contribution in [0.5, 0.6) is 0 Å². The zero-order chi connectivity index (χ0) is 25.4. The van der Waals surface area contributed by atoms with Gasteiger partial charge in [-0.05, 0) is 60.7 Å². The summed E-state index contributed by atoms with van der Waals surface area (Å²) in [5, 5.41) is 32.0. The summed E-state index contributed by atoms with van der Waals surface area (Å²) in [7, 11) is 1.13. The second kappa shape index (κ2) is 12.4. The average Bonchev–Trinajstić information content (AvgIpc) is 2.77. The van der Waals surface area contributed by atoms with Crippen LogP contribution in [0.2, 0.25) is 0 Å². The molecule has 4 N–H and O–H groups in total. The van der Waals surface area contributed by atoms with Crippen molar-refractivity contribution in [3.05, 3.63) is 64.5 Å². The number of nitrogens with one attached hydrogen (secondary N) is 1. The van der Waals surface area contributed by atoms with Crippen LogP contribution in [-0.4, -0.2) is 59.2 Å². The van der Waals surface area contributed by atoms with Gasteiger partial charge in [-0.15, -0.1) is 0 Å². The monoisotopic (exact) mass is 473 g/mol. The van der Waals surface area contributed by atoms with E-state index in [0.717, 1.165) is 34.9 Å². The quantitative estimate of drug-likeness (QED) is 0.394. The van der Waals surface area contributed by atoms with Crippen LogP contribution >= 0.6 is 0 Å². The van der Waals surface area contributed by atoms with E-state index in [1.54, 1.807) is 25.1 Å². The minimum atomic E-state index is -1.22. The fourth-order valence-corrected chi connectivity index (χ4v) is 3.69. The smallest absolute Gasteiger partial charge is 0.330 e. The number of amides is 1. The number of rotatable bonds is 10. The van der Waals surface area contributed by atoms with E-state index in [4.69, 9.17) is 5.11 Å². The lowest BCUT2D eigenvalue weighted by atomic mass is 9.92. The van der Waals surface area contributed by atoms with Crippen LogP contribution in [-0.2, 0) is 14.3 Å². The molecule has 0 bridgehead atoms. The first-order valence-electron chi connectivity index (χ1n) is 11.0. The van der Waals surface area contributed by atoms with Gasteiger partial charge in [-0.25, -0.2) is 9.18 Å². The topological polar surface area (TPSA) is 116 Å². The highest BCUT2D eigenvalue weighted by Gasteiger charge is 2.22. The Morgan fingerprint density at radius 2 is 1.82 bits per heavy atom. The first kappa shape index (κ1) is 27.2. The molecule has 1 amide bonds. The van der Waals surface area contributed by atoms with E-state index >= 15 is 0 Å². The maximum atomic E-state index is 13.8. The standard InChI is InChI=1S/C26H32FNO6/c1-15-9-16(2)21(22(10-15)18-5-8-23(27)17(3)11-18)7-6-19(30)12-20(31)13-25(32)28-24(14-29)26(33)34-4/h5-11,19-20,24,29-31H,12-14H2,1-4H3,(H,28,32)/t19-,20+,24-/m0/s1. The van der Waals surface area contributed by atoms with Gasteiger partial charge in [0.1, 0.15) is 5.82 Å². The molecule has 2 aromatic carbocycles. The number of esters is 1. The Kier molecular flexibility index (Phi) is 9.92. The molecular weight excluding hydrogens is 441 g/mol. The van der Waals surface area contributed by atoms with E-state index in [-0.39, 0.29) is 18.7 Å². The summed E-state index contributed by atoms with van der Waals surface area (Å²) in [5.41, 5.74) is 5.14. The number of hydrogen-bond acceptors (Lipinski definition) is 6. The molecule has 8 heteroatoms. The second-order valence-corrected chi connectivity index (χ2v) is 8.35. The van der Waals surface area contributed by atoms with Crippen molar-refractivity contribution in [3.8, 4) is 11.1 Å². The molecule has 0 saturated heterocycles. The highest BCUT2D eigenvalue weighted by Crippen LogP contribution is 2.30. The number of methoxy groups -OCH3 is 1. The molecule has 0 aliphatic carbocycles. The molecule has 0 unspecified atom stereocenters. The number of aliphatic hydroxyl groups excluding tert-OH is 3. The zero-order valence-corrected chi connectivity index (χ0v) is 19.8. The molecule has 0 saturated carbocycles. The van der Waals surface area contributed by atoms with Gasteiger partial charge >= 0.3 is 5.97 Å². The molecule has 0 heterocycles. The molecule has 184 valence electrons. The van der Waals surface area contributed by atoms with E-state index in [1.165, 1.54) is 12.1 Å². The summed E-state index contributed by atoms with van der Waals surface area (Å²) < 4.78 is 18.2. The Hall–Kier alpha value is -3.07. The molecule has 34 heavy (non-hydrogen) atoms. The zero-order valence-electron chi connectivity index (χ0n) is 19.8. The summed E-state index contributed by atoms with van der Waals surface area (Å²) >= 11 is 0. The Morgan fingerprint density at radius 1 is 1.12 bits per heavy atom. The molecule has 0 radical (unpaired) electrons. The number of hydrogen-bond donors (Lipinski definition) is 4. The lowest BCUT2D eigenvalue weighted by Crippen LogP contribution is -2.45. The van der Waals surface area contributed by atoms with Crippen LogP contribution in [0, 0.1) is 26.6 Å². The van der Waals surface area contributed by atoms with Gasteiger partial charge in [0.15, 0.2) is 6.04 Å². The highest BCUT2D eigenvalue weighted by atomic mass is 19.1. The summed E-state index contributed by atoms with van der Waals surface area (Å²) in [4.78, 5) is 23.5. The molecule has 2 aromatic rings. The molecule has 7 nitrogen and oxygen atoms in total. The summed E-state index contributed by atoms with van der Waals surface area (Å²) in [5.74, 6) is -1.74. The van der Waals surface area contributed by atoms with E-state index in [2.05, 4.69) is 10.1 Å². The van der Waals surface area contributed by atoms with Crippen LogP contribution in [0.1, 0.15) is 35.1 Å². The third-order valence-corrected chi connectivity index (χ3v) is 5.42. The van der Waals surface area contributed by atoms with Gasteiger partial charge in [-0.2, -0.15) is 0 Å². The summed E-state index contributed by atoms with van der Waals surface area (Å²) in [6, 6.07) is 7.68. The lowest BCUT2D eigenvalue weighted by molar-refractivity contribution is -0.146. The van der Waals surface area contributed by atoms with E-state index < -0.39 is 36.7 Å². The Labute approximate surface area is 198 Å². The van der Waals surface area contributed by atoms with E-state index in [9.17, 15) is 24.2 Å². The van der Waals surface area contributed by atoms with Gasteiger partial charge < -0.3 is 25.4 Å². The first-order valence-corrected chi connectivity index (χ1v) is 11.0. The first-order chi connectivity index (χ1) is 16.0. The summed E-state index contributed by atoms with van der Waals surface area (Å²) in [6.07, 6.45) is 0.600. The van der Waals surface area contributed by atoms with Crippen molar-refractivity contribution in [1.29, 1.82) is 0 Å². The predicted molar refractivity (Wildman–Crippen MR) is 127 cm³/mol. The normalized spacial score (nSPS) is 14.0. The number of carbonyl (C=O) groups is 2. The van der Waals surface area contributed by atoms with Crippen LogP contribution in [0.3, 0.4) is 0 Å². The summed E-state index contributed by atoms with van der Waals surface area (Å²) in [6.45, 7) is 4.98. The minimum Gasteiger partial charge on any atom is -0.467 e. The molecule has 0 aliphatic rings. The largest absolute Gasteiger partial charge is 0.467 e. The third-order valence-electron chi connectivity index (χ3n) is 5.42. The van der Waals surface area contributed by atoms with Crippen LogP contribution in [0.25, 0.3) is 17.2 Å². The number of carbonyl (C=O) groups excluding carboxylic acids is 2. The highest BCUT2D eigenvalue weighted by molar-refractivity contribution is 5.84. The Balaban J connectivity index is 2.11. The van der Waals surface area contributed by atoms with Crippen molar-refractivity contribution in [2.45, 2.75) is 51.9 Å². The Bertz CT molecular complexity index is 1050. The Morgan fingerprint density at radius 3 is 2.44 bits per heavy atom. The van der Waals surface area contributed by atoms with Gasteiger partial charge in [0.05, 0.1) is 32.3 Å². The van der Waals surface area contributed by atoms with Crippen molar-refractivity contribution in [2.75, 3.05) is 13.7 Å². The van der Waals surface area contributed by atoms with Gasteiger partial charge in [-0.1, -0.05) is 35.9 Å². The molecule has 3 atom stereocenters. The minimum absolute atomic E-state index is 0.109. The SMILES string of the molecule is COC(=O)[C@H](CO)NC(=O)C[C@H](O)C[C@@H](O)C=Cc1c(C)cc(C)cc1-c1ccc(F)c(C)c1. The van der Waals surface area contributed by atoms with Crippen molar-refractivity contribution in [3.63, 3.8) is 0 Å². The molecule has 0 spiro atoms. The van der Waals surface area contributed by atoms with Crippen LogP contribution < -0.4 is 5.32 Å². The number of benzene rings is 2. The van der Waals surface area contributed by atoms with Crippen molar-refractivity contribution in [2.24, 2.45) is 0 Å². The van der Waals surface area contributed by atoms with Gasteiger partial charge in [0.25, 0.3) is 0 Å². The number of halogens is 1. The van der Waals surface area contributed by atoms with E-state index in [0.29, 0.717) is 5.56 Å². The van der Waals surface area contributed by atoms with Crippen LogP contribution in [0.4, 0.5) is 4.39 Å².